The van der Waals surface area contributed by atoms with Crippen molar-refractivity contribution in [1.82, 2.24) is 19.4 Å². The van der Waals surface area contributed by atoms with Crippen LogP contribution in [-0.2, 0) is 4.79 Å². The zero-order valence-electron chi connectivity index (χ0n) is 13.3. The summed E-state index contributed by atoms with van der Waals surface area (Å²) >= 11 is 0. The van der Waals surface area contributed by atoms with Gasteiger partial charge in [0.2, 0.25) is 5.91 Å². The van der Waals surface area contributed by atoms with E-state index in [9.17, 15) is 4.79 Å². The predicted octanol–water partition coefficient (Wildman–Crippen LogP) is 3.12. The monoisotopic (exact) mass is 310 g/mol. The highest BCUT2D eigenvalue weighted by Gasteiger charge is 2.35. The first-order valence-corrected chi connectivity index (χ1v) is 8.59. The molecule has 1 aliphatic heterocycles. The summed E-state index contributed by atoms with van der Waals surface area (Å²) in [7, 11) is 0. The number of rotatable bonds is 3. The highest BCUT2D eigenvalue weighted by molar-refractivity contribution is 5.79. The van der Waals surface area contributed by atoms with Gasteiger partial charge in [-0.15, -0.1) is 0 Å². The van der Waals surface area contributed by atoms with Crippen LogP contribution < -0.4 is 0 Å². The average molecular weight is 310 g/mol. The maximum Gasteiger partial charge on any atom is 0.226 e. The second kappa shape index (κ2) is 6.14. The Bertz CT molecular complexity index is 676. The van der Waals surface area contributed by atoms with Crippen molar-refractivity contribution in [2.24, 2.45) is 5.92 Å². The number of carbonyl (C=O) groups excluding carboxylic acids is 1. The lowest BCUT2D eigenvalue weighted by molar-refractivity contribution is -0.136. The molecule has 0 aromatic carbocycles. The third-order valence-corrected chi connectivity index (χ3v) is 5.11. The van der Waals surface area contributed by atoms with Gasteiger partial charge in [-0.3, -0.25) is 9.36 Å². The smallest absolute Gasteiger partial charge is 0.226 e. The summed E-state index contributed by atoms with van der Waals surface area (Å²) in [6, 6.07) is 6.18. The molecule has 5 heteroatoms. The van der Waals surface area contributed by atoms with E-state index in [0.717, 1.165) is 43.7 Å². The van der Waals surface area contributed by atoms with Crippen molar-refractivity contribution in [2.45, 2.75) is 44.6 Å². The third kappa shape index (κ3) is 2.76. The normalized spacial score (nSPS) is 21.9. The molecule has 2 aliphatic rings. The van der Waals surface area contributed by atoms with Crippen molar-refractivity contribution in [1.29, 1.82) is 0 Å². The molecule has 0 unspecified atom stereocenters. The number of hydrogen-bond acceptors (Lipinski definition) is 3. The maximum absolute atomic E-state index is 12.8. The van der Waals surface area contributed by atoms with Crippen molar-refractivity contribution in [3.05, 3.63) is 42.6 Å². The van der Waals surface area contributed by atoms with Crippen molar-refractivity contribution in [2.75, 3.05) is 6.54 Å². The fourth-order valence-corrected chi connectivity index (χ4v) is 3.91. The first-order valence-electron chi connectivity index (χ1n) is 8.59. The van der Waals surface area contributed by atoms with Gasteiger partial charge in [0, 0.05) is 24.9 Å². The minimum Gasteiger partial charge on any atom is -0.334 e. The summed E-state index contributed by atoms with van der Waals surface area (Å²) in [5.74, 6) is 1.45. The number of imidazole rings is 1. The summed E-state index contributed by atoms with van der Waals surface area (Å²) in [6.45, 7) is 0.872. The quantitative estimate of drug-likeness (QED) is 0.875. The zero-order chi connectivity index (χ0) is 15.6. The summed E-state index contributed by atoms with van der Waals surface area (Å²) in [5.41, 5.74) is 1.00. The molecule has 1 amide bonds. The first kappa shape index (κ1) is 14.4. The van der Waals surface area contributed by atoms with Crippen LogP contribution >= 0.6 is 0 Å². The zero-order valence-corrected chi connectivity index (χ0v) is 13.3. The Kier molecular flexibility index (Phi) is 3.85. The summed E-state index contributed by atoms with van der Waals surface area (Å²) in [6.07, 6.45) is 12.0. The molecular formula is C18H22N4O. The second-order valence-corrected chi connectivity index (χ2v) is 6.56. The van der Waals surface area contributed by atoms with E-state index in [2.05, 4.69) is 9.88 Å². The lowest BCUT2D eigenvalue weighted by Crippen LogP contribution is -2.35. The van der Waals surface area contributed by atoms with E-state index in [4.69, 9.17) is 4.98 Å². The number of nitrogens with zero attached hydrogens (tertiary/aromatic N) is 4. The van der Waals surface area contributed by atoms with Crippen LogP contribution in [0.2, 0.25) is 0 Å². The summed E-state index contributed by atoms with van der Waals surface area (Å²) in [4.78, 5) is 23.8. The van der Waals surface area contributed by atoms with E-state index in [1.165, 1.54) is 12.8 Å². The molecule has 0 spiro atoms. The van der Waals surface area contributed by atoms with Gasteiger partial charge in [-0.05, 0) is 37.8 Å². The molecule has 2 aromatic heterocycles. The Morgan fingerprint density at radius 3 is 2.78 bits per heavy atom. The van der Waals surface area contributed by atoms with Crippen LogP contribution in [0.3, 0.4) is 0 Å². The van der Waals surface area contributed by atoms with E-state index < -0.39 is 0 Å². The number of pyridine rings is 1. The number of carbonyl (C=O) groups is 1. The van der Waals surface area contributed by atoms with E-state index in [-0.39, 0.29) is 12.0 Å². The van der Waals surface area contributed by atoms with Crippen molar-refractivity contribution in [3.63, 3.8) is 0 Å². The largest absolute Gasteiger partial charge is 0.334 e. The molecule has 5 nitrogen and oxygen atoms in total. The number of hydrogen-bond donors (Lipinski definition) is 0. The van der Waals surface area contributed by atoms with Gasteiger partial charge in [0.1, 0.15) is 12.1 Å². The number of aromatic nitrogens is 3. The number of likely N-dealkylation sites (tertiary alicyclic amines) is 1. The second-order valence-electron chi connectivity index (χ2n) is 6.56. The molecule has 1 saturated carbocycles. The minimum absolute atomic E-state index is 0.131. The van der Waals surface area contributed by atoms with Crippen LogP contribution in [0.25, 0.3) is 5.82 Å². The lowest BCUT2D eigenvalue weighted by Gasteiger charge is -2.27. The Balaban J connectivity index is 1.59. The molecule has 0 N–H and O–H groups in total. The molecule has 2 aromatic rings. The summed E-state index contributed by atoms with van der Waals surface area (Å²) in [5, 5.41) is 0. The van der Waals surface area contributed by atoms with Gasteiger partial charge in [-0.2, -0.15) is 0 Å². The first-order chi connectivity index (χ1) is 11.3. The molecule has 1 aliphatic carbocycles. The van der Waals surface area contributed by atoms with E-state index in [0.29, 0.717) is 5.91 Å². The van der Waals surface area contributed by atoms with Crippen LogP contribution in [-0.4, -0.2) is 31.9 Å². The van der Waals surface area contributed by atoms with Crippen LogP contribution in [0, 0.1) is 5.92 Å². The van der Waals surface area contributed by atoms with Crippen LogP contribution in [0.5, 0.6) is 0 Å². The third-order valence-electron chi connectivity index (χ3n) is 5.11. The Hall–Kier alpha value is -2.17. The van der Waals surface area contributed by atoms with Crippen LogP contribution in [0.4, 0.5) is 0 Å². The lowest BCUT2D eigenvalue weighted by atomic mass is 10.0. The van der Waals surface area contributed by atoms with Gasteiger partial charge in [0.05, 0.1) is 11.7 Å². The van der Waals surface area contributed by atoms with Gasteiger partial charge in [0.25, 0.3) is 0 Å². The van der Waals surface area contributed by atoms with Gasteiger partial charge in [0.15, 0.2) is 0 Å². The van der Waals surface area contributed by atoms with E-state index in [1.54, 1.807) is 12.5 Å². The van der Waals surface area contributed by atoms with E-state index >= 15 is 0 Å². The topological polar surface area (TPSA) is 51.0 Å². The number of amides is 1. The van der Waals surface area contributed by atoms with Crippen molar-refractivity contribution >= 4 is 5.91 Å². The highest BCUT2D eigenvalue weighted by Crippen LogP contribution is 2.35. The Morgan fingerprint density at radius 1 is 1.13 bits per heavy atom. The molecule has 1 saturated heterocycles. The molecule has 0 radical (unpaired) electrons. The minimum atomic E-state index is 0.131. The Labute approximate surface area is 136 Å². The van der Waals surface area contributed by atoms with E-state index in [1.807, 2.05) is 29.0 Å². The molecule has 0 bridgehead atoms. The van der Waals surface area contributed by atoms with Crippen LogP contribution in [0.1, 0.15) is 50.3 Å². The Morgan fingerprint density at radius 2 is 2.00 bits per heavy atom. The predicted molar refractivity (Wildman–Crippen MR) is 87.0 cm³/mol. The molecular weight excluding hydrogens is 288 g/mol. The van der Waals surface area contributed by atoms with Gasteiger partial charge >= 0.3 is 0 Å². The van der Waals surface area contributed by atoms with Gasteiger partial charge < -0.3 is 4.90 Å². The molecule has 23 heavy (non-hydrogen) atoms. The van der Waals surface area contributed by atoms with Crippen molar-refractivity contribution < 1.29 is 4.79 Å². The van der Waals surface area contributed by atoms with Crippen molar-refractivity contribution in [3.8, 4) is 5.82 Å². The fraction of sp³-hybridized carbons (Fsp3) is 0.500. The molecule has 120 valence electrons. The standard InChI is InChI=1S/C18H22N4O/c23-18(14-5-1-2-6-14)22-11-4-8-16(22)15-7-3-9-17(20-15)21-12-10-19-13-21/h3,7,9-10,12-14,16H,1-2,4-6,8,11H2/t16-/m1/s1. The summed E-state index contributed by atoms with van der Waals surface area (Å²) < 4.78 is 1.90. The highest BCUT2D eigenvalue weighted by atomic mass is 16.2. The fourth-order valence-electron chi connectivity index (χ4n) is 3.91. The SMILES string of the molecule is O=C(C1CCCC1)N1CCC[C@@H]1c1cccc(-n2ccnc2)n1. The van der Waals surface area contributed by atoms with Crippen LogP contribution in [0.15, 0.2) is 36.9 Å². The van der Waals surface area contributed by atoms with Gasteiger partial charge in [-0.1, -0.05) is 18.9 Å². The molecule has 4 rings (SSSR count). The average Bonchev–Trinajstić information content (AvgIpc) is 3.36. The molecule has 3 heterocycles. The van der Waals surface area contributed by atoms with Gasteiger partial charge in [-0.25, -0.2) is 9.97 Å². The molecule has 1 atom stereocenters. The maximum atomic E-state index is 12.8. The molecule has 2 fully saturated rings.